The maximum Gasteiger partial charge on any atom is 0.508 e. The molecule has 0 spiro atoms. The third-order valence-electron chi connectivity index (χ3n) is 6.55. The first-order valence-electron chi connectivity index (χ1n) is 12.7. The number of rotatable bonds is 14. The van der Waals surface area contributed by atoms with E-state index in [1.807, 2.05) is 0 Å². The van der Waals surface area contributed by atoms with Crippen LogP contribution in [0.15, 0.2) is 24.3 Å². The first kappa shape index (κ1) is 25.7. The van der Waals surface area contributed by atoms with Gasteiger partial charge in [-0.3, -0.25) is 0 Å². The minimum absolute atomic E-state index is 0.157. The molecule has 0 aliphatic heterocycles. The summed E-state index contributed by atoms with van der Waals surface area (Å²) >= 11 is 0. The molecule has 0 unspecified atom stereocenters. The van der Waals surface area contributed by atoms with Gasteiger partial charge >= 0.3 is 6.16 Å². The minimum atomic E-state index is -0.817. The molecule has 0 atom stereocenters. The summed E-state index contributed by atoms with van der Waals surface area (Å²) in [6.45, 7) is 4.84. The van der Waals surface area contributed by atoms with E-state index in [2.05, 4.69) is 38.1 Å². The number of aliphatic hydroxyl groups is 1. The van der Waals surface area contributed by atoms with E-state index in [0.29, 0.717) is 32.3 Å². The molecule has 2 rings (SSSR count). The van der Waals surface area contributed by atoms with Gasteiger partial charge in [-0.15, -0.1) is 0 Å². The molecule has 4 nitrogen and oxygen atoms in total. The molecule has 1 aliphatic carbocycles. The van der Waals surface area contributed by atoms with Crippen molar-refractivity contribution in [3.63, 3.8) is 0 Å². The Morgan fingerprint density at radius 2 is 1.48 bits per heavy atom. The molecule has 176 valence electrons. The smallest absolute Gasteiger partial charge is 0.434 e. The fourth-order valence-corrected chi connectivity index (χ4v) is 4.42. The van der Waals surface area contributed by atoms with Crippen molar-refractivity contribution in [3.8, 4) is 0 Å². The summed E-state index contributed by atoms with van der Waals surface area (Å²) in [5.74, 6) is 0. The number of carbonyl (C=O) groups is 1. The molecule has 0 heterocycles. The van der Waals surface area contributed by atoms with Gasteiger partial charge in [-0.1, -0.05) is 89.5 Å². The Bertz CT molecular complexity index is 602. The summed E-state index contributed by atoms with van der Waals surface area (Å²) < 4.78 is 10.6. The van der Waals surface area contributed by atoms with Crippen LogP contribution in [0.2, 0.25) is 0 Å². The van der Waals surface area contributed by atoms with Gasteiger partial charge in [-0.25, -0.2) is 4.79 Å². The fraction of sp³-hybridized carbons (Fsp3) is 0.741. The number of hydrogen-bond acceptors (Lipinski definition) is 4. The van der Waals surface area contributed by atoms with Crippen LogP contribution in [0.4, 0.5) is 4.79 Å². The van der Waals surface area contributed by atoms with E-state index in [4.69, 9.17) is 9.47 Å². The van der Waals surface area contributed by atoms with E-state index in [1.54, 1.807) is 0 Å². The highest BCUT2D eigenvalue weighted by Gasteiger charge is 2.36. The van der Waals surface area contributed by atoms with Crippen LogP contribution in [0.25, 0.3) is 0 Å². The highest BCUT2D eigenvalue weighted by atomic mass is 16.7. The normalized spacial score (nSPS) is 21.1. The average Bonchev–Trinajstić information content (AvgIpc) is 2.78. The lowest BCUT2D eigenvalue weighted by molar-refractivity contribution is -0.0538. The average molecular weight is 433 g/mol. The van der Waals surface area contributed by atoms with Gasteiger partial charge in [0.2, 0.25) is 0 Å². The van der Waals surface area contributed by atoms with Gasteiger partial charge in [0.05, 0.1) is 12.2 Å². The van der Waals surface area contributed by atoms with Crippen molar-refractivity contribution in [1.29, 1.82) is 0 Å². The van der Waals surface area contributed by atoms with Crippen LogP contribution in [0.3, 0.4) is 0 Å². The lowest BCUT2D eigenvalue weighted by atomic mass is 9.78. The van der Waals surface area contributed by atoms with Gasteiger partial charge in [-0.2, -0.15) is 0 Å². The quantitative estimate of drug-likeness (QED) is 0.245. The lowest BCUT2D eigenvalue weighted by Gasteiger charge is -2.36. The molecule has 0 aromatic heterocycles. The van der Waals surface area contributed by atoms with Crippen LogP contribution < -0.4 is 0 Å². The predicted octanol–water partition coefficient (Wildman–Crippen LogP) is 7.45. The van der Waals surface area contributed by atoms with Crippen LogP contribution in [0.1, 0.15) is 115 Å². The number of aryl methyl sites for hydroxylation is 1. The van der Waals surface area contributed by atoms with Crippen molar-refractivity contribution < 1.29 is 19.4 Å². The number of carbonyl (C=O) groups excluding carboxylic acids is 1. The molecule has 1 aromatic carbocycles. The Morgan fingerprint density at radius 3 is 2.13 bits per heavy atom. The summed E-state index contributed by atoms with van der Waals surface area (Å²) in [6.07, 6.45) is 15.1. The molecule has 1 aromatic rings. The third-order valence-corrected chi connectivity index (χ3v) is 6.55. The summed E-state index contributed by atoms with van der Waals surface area (Å²) in [6, 6.07) is 8.49. The van der Waals surface area contributed by atoms with Crippen LogP contribution in [-0.2, 0) is 21.5 Å². The summed E-state index contributed by atoms with van der Waals surface area (Å²) in [5, 5.41) is 11.1. The predicted molar refractivity (Wildman–Crippen MR) is 126 cm³/mol. The van der Waals surface area contributed by atoms with Gasteiger partial charge in [0.1, 0.15) is 6.10 Å². The molecule has 1 aliphatic rings. The van der Waals surface area contributed by atoms with Gasteiger partial charge in [0, 0.05) is 0 Å². The number of unbranched alkanes of at least 4 members (excludes halogenated alkanes) is 8. The SMILES string of the molecule is CCCCCCCCc1ccc(C2(O)CCC(OC(=O)OCCCCCC)CC2)cc1. The number of benzene rings is 1. The molecule has 1 N–H and O–H groups in total. The zero-order valence-electron chi connectivity index (χ0n) is 19.9. The van der Waals surface area contributed by atoms with E-state index < -0.39 is 11.8 Å². The maximum atomic E-state index is 11.9. The van der Waals surface area contributed by atoms with E-state index >= 15 is 0 Å². The summed E-state index contributed by atoms with van der Waals surface area (Å²) in [7, 11) is 0. The summed E-state index contributed by atoms with van der Waals surface area (Å²) in [5.41, 5.74) is 1.51. The molecule has 4 heteroatoms. The first-order valence-corrected chi connectivity index (χ1v) is 12.7. The van der Waals surface area contributed by atoms with Crippen LogP contribution in [0.5, 0.6) is 0 Å². The molecular weight excluding hydrogens is 388 g/mol. The summed E-state index contributed by atoms with van der Waals surface area (Å²) in [4.78, 5) is 11.9. The monoisotopic (exact) mass is 432 g/mol. The van der Waals surface area contributed by atoms with Gasteiger partial charge in [0.15, 0.2) is 0 Å². The minimum Gasteiger partial charge on any atom is -0.434 e. The van der Waals surface area contributed by atoms with Crippen molar-refractivity contribution in [2.24, 2.45) is 0 Å². The molecule has 31 heavy (non-hydrogen) atoms. The second kappa shape index (κ2) is 14.5. The zero-order chi connectivity index (χ0) is 22.4. The van der Waals surface area contributed by atoms with Crippen molar-refractivity contribution in [3.05, 3.63) is 35.4 Å². The number of ether oxygens (including phenoxy) is 2. The van der Waals surface area contributed by atoms with Crippen LogP contribution >= 0.6 is 0 Å². The van der Waals surface area contributed by atoms with Gasteiger partial charge < -0.3 is 14.6 Å². The van der Waals surface area contributed by atoms with E-state index in [9.17, 15) is 9.90 Å². The van der Waals surface area contributed by atoms with E-state index in [-0.39, 0.29) is 6.10 Å². The van der Waals surface area contributed by atoms with Crippen LogP contribution in [-0.4, -0.2) is 24.0 Å². The van der Waals surface area contributed by atoms with Crippen molar-refractivity contribution in [2.45, 2.75) is 122 Å². The second-order valence-electron chi connectivity index (χ2n) is 9.22. The highest BCUT2D eigenvalue weighted by molar-refractivity contribution is 5.60. The maximum absolute atomic E-state index is 11.9. The van der Waals surface area contributed by atoms with E-state index in [1.165, 1.54) is 50.5 Å². The van der Waals surface area contributed by atoms with Gasteiger partial charge in [-0.05, 0) is 56.1 Å². The Balaban J connectivity index is 1.68. The Labute approximate surface area is 189 Å². The van der Waals surface area contributed by atoms with Crippen molar-refractivity contribution in [1.82, 2.24) is 0 Å². The topological polar surface area (TPSA) is 55.8 Å². The molecule has 1 fully saturated rings. The second-order valence-corrected chi connectivity index (χ2v) is 9.22. The number of hydrogen-bond donors (Lipinski definition) is 1. The van der Waals surface area contributed by atoms with Crippen molar-refractivity contribution >= 4 is 6.16 Å². The fourth-order valence-electron chi connectivity index (χ4n) is 4.42. The molecule has 1 saturated carbocycles. The zero-order valence-corrected chi connectivity index (χ0v) is 19.9. The third kappa shape index (κ3) is 9.64. The molecule has 0 bridgehead atoms. The molecule has 0 radical (unpaired) electrons. The lowest BCUT2D eigenvalue weighted by Crippen LogP contribution is -2.35. The van der Waals surface area contributed by atoms with Gasteiger partial charge in [0.25, 0.3) is 0 Å². The van der Waals surface area contributed by atoms with E-state index in [0.717, 1.165) is 31.2 Å². The molecular formula is C27H44O4. The highest BCUT2D eigenvalue weighted by Crippen LogP contribution is 2.38. The van der Waals surface area contributed by atoms with Crippen LogP contribution in [0, 0.1) is 0 Å². The largest absolute Gasteiger partial charge is 0.508 e. The Hall–Kier alpha value is -1.55. The standard InChI is InChI=1S/C27H44O4/c1-3-5-7-9-10-11-13-23-14-16-24(17-15-23)27(29)20-18-25(19-21-27)31-26(28)30-22-12-8-6-4-2/h14-17,25,29H,3-13,18-22H2,1-2H3. The first-order chi connectivity index (χ1) is 15.1. The molecule has 0 saturated heterocycles. The Kier molecular flexibility index (Phi) is 12.0. The van der Waals surface area contributed by atoms with Crippen molar-refractivity contribution in [2.75, 3.05) is 6.61 Å². The Morgan fingerprint density at radius 1 is 0.903 bits per heavy atom. The molecule has 0 amide bonds.